The van der Waals surface area contributed by atoms with Gasteiger partial charge >= 0.3 is 5.97 Å². The minimum absolute atomic E-state index is 0.0150. The van der Waals surface area contributed by atoms with Crippen molar-refractivity contribution in [3.8, 4) is 0 Å². The van der Waals surface area contributed by atoms with Crippen molar-refractivity contribution in [3.63, 3.8) is 0 Å². The summed E-state index contributed by atoms with van der Waals surface area (Å²) in [5.74, 6) is -1.01. The van der Waals surface area contributed by atoms with Gasteiger partial charge in [0.05, 0.1) is 13.0 Å². The van der Waals surface area contributed by atoms with E-state index in [1.165, 1.54) is 4.90 Å². The van der Waals surface area contributed by atoms with Crippen LogP contribution in [0.15, 0.2) is 0 Å². The van der Waals surface area contributed by atoms with Crippen LogP contribution in [0.2, 0.25) is 0 Å². The normalized spacial score (nSPS) is 34.9. The fourth-order valence-electron chi connectivity index (χ4n) is 1.31. The molecule has 0 bridgehead atoms. The molecule has 0 aromatic heterocycles. The van der Waals surface area contributed by atoms with Gasteiger partial charge in [-0.05, 0) is 0 Å². The van der Waals surface area contributed by atoms with Gasteiger partial charge in [0.2, 0.25) is 5.91 Å². The molecule has 2 rings (SSSR count). The molecule has 60 valence electrons. The summed E-state index contributed by atoms with van der Waals surface area (Å²) < 4.78 is 5.00. The molecule has 2 atom stereocenters. The molecule has 0 saturated carbocycles. The lowest BCUT2D eigenvalue weighted by Gasteiger charge is -2.31. The number of rotatable bonds is 1. The Hall–Kier alpha value is -1.10. The fraction of sp³-hybridized carbons (Fsp3) is 0.667. The number of fused-ring (bicyclic) bond motifs is 1. The Kier molecular flexibility index (Phi) is 1.17. The van der Waals surface area contributed by atoms with E-state index in [-0.39, 0.29) is 18.7 Å². The van der Waals surface area contributed by atoms with Gasteiger partial charge < -0.3 is 14.7 Å². The number of carboxylic acids is 1. The van der Waals surface area contributed by atoms with Crippen LogP contribution in [0.4, 0.5) is 0 Å². The molecule has 11 heavy (non-hydrogen) atoms. The lowest BCUT2D eigenvalue weighted by Crippen LogP contribution is -2.48. The van der Waals surface area contributed by atoms with E-state index in [1.54, 1.807) is 0 Å². The van der Waals surface area contributed by atoms with Crippen molar-refractivity contribution in [2.24, 2.45) is 0 Å². The van der Waals surface area contributed by atoms with Crippen LogP contribution in [0, 0.1) is 0 Å². The first-order chi connectivity index (χ1) is 5.18. The van der Waals surface area contributed by atoms with E-state index in [0.29, 0.717) is 6.42 Å². The van der Waals surface area contributed by atoms with Crippen LogP contribution in [-0.2, 0) is 14.3 Å². The smallest absolute Gasteiger partial charge is 0.334 e. The second-order valence-electron chi connectivity index (χ2n) is 2.67. The summed E-state index contributed by atoms with van der Waals surface area (Å²) in [4.78, 5) is 22.5. The highest BCUT2D eigenvalue weighted by Gasteiger charge is 2.47. The number of aliphatic carboxylic acids is 1. The number of amides is 1. The van der Waals surface area contributed by atoms with Crippen LogP contribution in [0.25, 0.3) is 0 Å². The first-order valence-electron chi connectivity index (χ1n) is 3.36. The van der Waals surface area contributed by atoms with Crippen LogP contribution >= 0.6 is 0 Å². The topological polar surface area (TPSA) is 66.8 Å². The molecule has 2 saturated heterocycles. The van der Waals surface area contributed by atoms with Crippen molar-refractivity contribution in [3.05, 3.63) is 0 Å². The maximum Gasteiger partial charge on any atom is 0.334 e. The van der Waals surface area contributed by atoms with Gasteiger partial charge in [0.15, 0.2) is 6.10 Å². The Morgan fingerprint density at radius 2 is 2.45 bits per heavy atom. The molecule has 0 radical (unpaired) electrons. The monoisotopic (exact) mass is 157 g/mol. The lowest BCUT2D eigenvalue weighted by molar-refractivity contribution is -0.162. The van der Waals surface area contributed by atoms with Crippen molar-refractivity contribution in [2.45, 2.75) is 18.8 Å². The quantitative estimate of drug-likeness (QED) is 0.497. The molecule has 0 aromatic rings. The van der Waals surface area contributed by atoms with Crippen LogP contribution in [0.3, 0.4) is 0 Å². The molecule has 2 heterocycles. The van der Waals surface area contributed by atoms with Gasteiger partial charge in [-0.2, -0.15) is 0 Å². The van der Waals surface area contributed by atoms with Crippen molar-refractivity contribution < 1.29 is 19.4 Å². The molecule has 2 fully saturated rings. The summed E-state index contributed by atoms with van der Waals surface area (Å²) in [6, 6.07) is 0. The summed E-state index contributed by atoms with van der Waals surface area (Å²) in [5.41, 5.74) is 0. The predicted molar refractivity (Wildman–Crippen MR) is 32.6 cm³/mol. The van der Waals surface area contributed by atoms with Crippen molar-refractivity contribution >= 4 is 11.9 Å². The Morgan fingerprint density at radius 1 is 1.73 bits per heavy atom. The molecule has 0 aliphatic carbocycles. The number of hydrogen-bond donors (Lipinski definition) is 1. The maximum absolute atomic E-state index is 10.7. The van der Waals surface area contributed by atoms with Crippen LogP contribution in [0.5, 0.6) is 0 Å². The van der Waals surface area contributed by atoms with E-state index >= 15 is 0 Å². The van der Waals surface area contributed by atoms with Crippen LogP contribution < -0.4 is 0 Å². The minimum atomic E-state index is -0.993. The van der Waals surface area contributed by atoms with Gasteiger partial charge in [-0.3, -0.25) is 4.79 Å². The molecule has 0 spiro atoms. The summed E-state index contributed by atoms with van der Waals surface area (Å²) in [6.45, 7) is 0.207. The van der Waals surface area contributed by atoms with Gasteiger partial charge in [-0.1, -0.05) is 0 Å². The highest BCUT2D eigenvalue weighted by Crippen LogP contribution is 2.28. The van der Waals surface area contributed by atoms with E-state index in [1.807, 2.05) is 0 Å². The lowest BCUT2D eigenvalue weighted by atomic mass is 10.2. The van der Waals surface area contributed by atoms with Gasteiger partial charge in [-0.15, -0.1) is 0 Å². The molecule has 5 nitrogen and oxygen atoms in total. The number of β-lactam (4-membered cyclic amide) rings is 1. The van der Waals surface area contributed by atoms with E-state index in [9.17, 15) is 9.59 Å². The molecule has 0 unspecified atom stereocenters. The zero-order valence-electron chi connectivity index (χ0n) is 5.69. The number of carbonyl (C=O) groups excluding carboxylic acids is 1. The van der Waals surface area contributed by atoms with Gasteiger partial charge in [0.1, 0.15) is 6.23 Å². The third-order valence-corrected chi connectivity index (χ3v) is 1.98. The van der Waals surface area contributed by atoms with Gasteiger partial charge in [-0.25, -0.2) is 4.79 Å². The van der Waals surface area contributed by atoms with E-state index in [4.69, 9.17) is 9.84 Å². The standard InChI is InChI=1S/C6H7NO4/c8-4-1-5-7(4)2-3(11-5)6(9)10/h3,5H,1-2H2,(H,9,10)/t3-,5+/m1/s1. The minimum Gasteiger partial charge on any atom is -0.479 e. The van der Waals surface area contributed by atoms with Crippen LogP contribution in [-0.4, -0.2) is 40.8 Å². The van der Waals surface area contributed by atoms with Crippen molar-refractivity contribution in [2.75, 3.05) is 6.54 Å². The number of nitrogens with zero attached hydrogens (tertiary/aromatic N) is 1. The van der Waals surface area contributed by atoms with E-state index in [0.717, 1.165) is 0 Å². The Balaban J connectivity index is 2.04. The molecule has 1 N–H and O–H groups in total. The average molecular weight is 157 g/mol. The molecule has 2 aliphatic heterocycles. The second kappa shape index (κ2) is 1.94. The van der Waals surface area contributed by atoms with Crippen molar-refractivity contribution in [1.82, 2.24) is 4.90 Å². The molecule has 0 aromatic carbocycles. The molecular formula is C6H7NO4. The number of ether oxygens (including phenoxy) is 1. The molecule has 2 aliphatic rings. The molecular weight excluding hydrogens is 150 g/mol. The van der Waals surface area contributed by atoms with Gasteiger partial charge in [0.25, 0.3) is 0 Å². The van der Waals surface area contributed by atoms with Gasteiger partial charge in [0, 0.05) is 0 Å². The Morgan fingerprint density at radius 3 is 2.91 bits per heavy atom. The third kappa shape index (κ3) is 0.808. The summed E-state index contributed by atoms with van der Waals surface area (Å²) in [6.07, 6.45) is -0.737. The Labute approximate surface area is 62.5 Å². The zero-order valence-corrected chi connectivity index (χ0v) is 5.69. The second-order valence-corrected chi connectivity index (χ2v) is 2.67. The Bertz CT molecular complexity index is 227. The SMILES string of the molecule is O=C(O)[C@H]1CN2C(=O)C[C@@H]2O1. The summed E-state index contributed by atoms with van der Waals surface area (Å²) >= 11 is 0. The van der Waals surface area contributed by atoms with E-state index in [2.05, 4.69) is 0 Å². The van der Waals surface area contributed by atoms with Crippen LogP contribution in [0.1, 0.15) is 6.42 Å². The maximum atomic E-state index is 10.7. The number of hydrogen-bond acceptors (Lipinski definition) is 3. The first kappa shape index (κ1) is 6.60. The zero-order chi connectivity index (χ0) is 8.01. The number of carboxylic acid groups (broad SMARTS) is 1. The molecule has 5 heteroatoms. The average Bonchev–Trinajstić information content (AvgIpc) is 2.26. The fourth-order valence-corrected chi connectivity index (χ4v) is 1.31. The highest BCUT2D eigenvalue weighted by molar-refractivity contribution is 5.85. The van der Waals surface area contributed by atoms with Crippen molar-refractivity contribution in [1.29, 1.82) is 0 Å². The number of carbonyl (C=O) groups is 2. The predicted octanol–water partition coefficient (Wildman–Crippen LogP) is -0.972. The molecule has 1 amide bonds. The summed E-state index contributed by atoms with van der Waals surface area (Å²) in [7, 11) is 0. The third-order valence-electron chi connectivity index (χ3n) is 1.98. The highest BCUT2D eigenvalue weighted by atomic mass is 16.6. The van der Waals surface area contributed by atoms with E-state index < -0.39 is 12.1 Å². The first-order valence-corrected chi connectivity index (χ1v) is 3.36. The largest absolute Gasteiger partial charge is 0.479 e. The summed E-state index contributed by atoms with van der Waals surface area (Å²) in [5, 5.41) is 8.50.